The van der Waals surface area contributed by atoms with Crippen LogP contribution in [0.4, 0.5) is 0 Å². The predicted octanol–water partition coefficient (Wildman–Crippen LogP) is -1.75. The van der Waals surface area contributed by atoms with E-state index in [2.05, 4.69) is 9.97 Å². The van der Waals surface area contributed by atoms with Gasteiger partial charge in [-0.25, -0.2) is 4.98 Å². The predicted molar refractivity (Wildman–Crippen MR) is 37.0 cm³/mol. The van der Waals surface area contributed by atoms with Crippen molar-refractivity contribution in [2.24, 2.45) is 5.73 Å². The van der Waals surface area contributed by atoms with E-state index in [0.717, 1.165) is 5.69 Å². The van der Waals surface area contributed by atoms with Crippen LogP contribution in [0.5, 0.6) is 0 Å². The lowest BCUT2D eigenvalue weighted by Crippen LogP contribution is -2.46. The van der Waals surface area contributed by atoms with Gasteiger partial charge in [0, 0.05) is 6.20 Å². The summed E-state index contributed by atoms with van der Waals surface area (Å²) in [5, 5.41) is 5.26. The minimum atomic E-state index is 0.201. The first-order valence-electron chi connectivity index (χ1n) is 2.87. The highest BCUT2D eigenvalue weighted by atomic mass is 14.8. The Kier molecular flexibility index (Phi) is 1.62. The molecule has 4 heteroatoms. The Morgan fingerprint density at radius 1 is 1.50 bits per heavy atom. The van der Waals surface area contributed by atoms with Gasteiger partial charge in [0.15, 0.2) is 5.69 Å². The minimum Gasteiger partial charge on any atom is -0.286 e. The number of aromatic nitrogens is 2. The van der Waals surface area contributed by atoms with E-state index in [1.807, 2.05) is 6.92 Å². The molecule has 0 aliphatic heterocycles. The average Bonchev–Trinajstić information content (AvgIpc) is 1.88. The van der Waals surface area contributed by atoms with Gasteiger partial charge < -0.3 is 0 Å². The van der Waals surface area contributed by atoms with Crippen LogP contribution in [-0.2, 0) is 0 Å². The molecule has 0 saturated carbocycles. The normalized spacial score (nSPS) is 9.30. The van der Waals surface area contributed by atoms with Gasteiger partial charge in [0.05, 0.1) is 11.9 Å². The van der Waals surface area contributed by atoms with Gasteiger partial charge in [-0.05, 0) is 6.92 Å². The van der Waals surface area contributed by atoms with Crippen molar-refractivity contribution in [2.45, 2.75) is 6.92 Å². The molecule has 0 aliphatic carbocycles. The van der Waals surface area contributed by atoms with Crippen molar-refractivity contribution >= 4 is 5.84 Å². The third kappa shape index (κ3) is 1.28. The molecule has 0 radical (unpaired) electrons. The van der Waals surface area contributed by atoms with Crippen LogP contribution in [0.15, 0.2) is 12.4 Å². The van der Waals surface area contributed by atoms with E-state index in [1.165, 1.54) is 0 Å². The van der Waals surface area contributed by atoms with Crippen LogP contribution in [0.25, 0.3) is 0 Å². The fourth-order valence-electron chi connectivity index (χ4n) is 0.542. The highest BCUT2D eigenvalue weighted by Gasteiger charge is 2.00. The molecule has 1 aromatic heterocycles. The van der Waals surface area contributed by atoms with Crippen LogP contribution < -0.4 is 11.1 Å². The first-order valence-corrected chi connectivity index (χ1v) is 2.87. The van der Waals surface area contributed by atoms with Crippen molar-refractivity contribution in [3.63, 3.8) is 0 Å². The van der Waals surface area contributed by atoms with Crippen molar-refractivity contribution in [3.05, 3.63) is 23.8 Å². The van der Waals surface area contributed by atoms with Crippen molar-refractivity contribution in [2.75, 3.05) is 0 Å². The molecule has 52 valence electrons. The second kappa shape index (κ2) is 2.43. The number of nitrogens with zero attached hydrogens (tertiary/aromatic N) is 2. The quantitative estimate of drug-likeness (QED) is 0.356. The zero-order valence-electron chi connectivity index (χ0n) is 5.70. The number of nitrogens with two attached hydrogens (primary N) is 2. The highest BCUT2D eigenvalue weighted by molar-refractivity contribution is 5.90. The minimum absolute atomic E-state index is 0.201. The smallest absolute Gasteiger partial charge is 0.286 e. The standard InChI is InChI=1S/C6H8N4/c1-4-2-10-5(3-9-4)6(7)8/h2-3H,1H3,(H3,7,8)/p+1. The van der Waals surface area contributed by atoms with E-state index in [1.54, 1.807) is 12.4 Å². The van der Waals surface area contributed by atoms with Crippen molar-refractivity contribution < 1.29 is 5.41 Å². The number of aryl methyl sites for hydroxylation is 1. The zero-order valence-corrected chi connectivity index (χ0v) is 5.70. The topological polar surface area (TPSA) is 77.4 Å². The fourth-order valence-corrected chi connectivity index (χ4v) is 0.542. The lowest BCUT2D eigenvalue weighted by atomic mass is 10.4. The Labute approximate surface area is 58.6 Å². The van der Waals surface area contributed by atoms with Gasteiger partial charge in [0.2, 0.25) is 0 Å². The van der Waals surface area contributed by atoms with Gasteiger partial charge in [0.1, 0.15) is 0 Å². The van der Waals surface area contributed by atoms with Gasteiger partial charge in [-0.2, -0.15) is 0 Å². The van der Waals surface area contributed by atoms with Crippen LogP contribution in [0.1, 0.15) is 11.4 Å². The molecule has 1 heterocycles. The number of hydrogen-bond donors (Lipinski definition) is 2. The van der Waals surface area contributed by atoms with E-state index in [-0.39, 0.29) is 5.84 Å². The third-order valence-corrected chi connectivity index (χ3v) is 1.08. The number of amidine groups is 1. The summed E-state index contributed by atoms with van der Waals surface area (Å²) in [5.41, 5.74) is 6.64. The SMILES string of the molecule is Cc1cnc(C(N)=[NH2+])cn1. The molecule has 1 aromatic rings. The van der Waals surface area contributed by atoms with Crippen LogP contribution in [0, 0.1) is 6.92 Å². The van der Waals surface area contributed by atoms with Gasteiger partial charge in [-0.3, -0.25) is 16.1 Å². The molecule has 0 spiro atoms. The Balaban J connectivity index is 3.00. The zero-order chi connectivity index (χ0) is 7.56. The van der Waals surface area contributed by atoms with Crippen LogP contribution in [0.3, 0.4) is 0 Å². The molecule has 10 heavy (non-hydrogen) atoms. The largest absolute Gasteiger partial charge is 0.291 e. The molecular formula is C6H9N4+. The maximum atomic E-state index is 5.26. The van der Waals surface area contributed by atoms with E-state index in [4.69, 9.17) is 11.1 Å². The maximum absolute atomic E-state index is 5.26. The Bertz CT molecular complexity index is 238. The second-order valence-electron chi connectivity index (χ2n) is 2.00. The molecule has 4 N–H and O–H groups in total. The van der Waals surface area contributed by atoms with E-state index < -0.39 is 0 Å². The molecule has 0 aliphatic rings. The first-order chi connectivity index (χ1) is 4.70. The molecule has 0 amide bonds. The molecular weight excluding hydrogens is 128 g/mol. The first kappa shape index (κ1) is 6.67. The summed E-state index contributed by atoms with van der Waals surface area (Å²) in [6.07, 6.45) is 3.17. The van der Waals surface area contributed by atoms with Gasteiger partial charge in [-0.1, -0.05) is 0 Å². The number of rotatable bonds is 1. The maximum Gasteiger partial charge on any atom is 0.291 e. The van der Waals surface area contributed by atoms with Crippen molar-refractivity contribution in [1.29, 1.82) is 0 Å². The summed E-state index contributed by atoms with van der Waals surface area (Å²) in [6.45, 7) is 1.85. The molecule has 0 bridgehead atoms. The molecule has 0 saturated heterocycles. The molecule has 1 rings (SSSR count). The Hall–Kier alpha value is -1.45. The lowest BCUT2D eigenvalue weighted by Gasteiger charge is -1.91. The van der Waals surface area contributed by atoms with E-state index >= 15 is 0 Å². The molecule has 0 aromatic carbocycles. The highest BCUT2D eigenvalue weighted by Crippen LogP contribution is 1.89. The summed E-state index contributed by atoms with van der Waals surface area (Å²) in [6, 6.07) is 0. The van der Waals surface area contributed by atoms with Crippen LogP contribution >= 0.6 is 0 Å². The van der Waals surface area contributed by atoms with E-state index in [0.29, 0.717) is 5.69 Å². The summed E-state index contributed by atoms with van der Waals surface area (Å²) >= 11 is 0. The second-order valence-corrected chi connectivity index (χ2v) is 2.00. The average molecular weight is 137 g/mol. The van der Waals surface area contributed by atoms with Crippen LogP contribution in [0.2, 0.25) is 0 Å². The van der Waals surface area contributed by atoms with Crippen molar-refractivity contribution in [1.82, 2.24) is 9.97 Å². The summed E-state index contributed by atoms with van der Waals surface area (Å²) in [7, 11) is 0. The Morgan fingerprint density at radius 2 is 2.20 bits per heavy atom. The van der Waals surface area contributed by atoms with Gasteiger partial charge in [-0.15, -0.1) is 0 Å². The molecule has 4 nitrogen and oxygen atoms in total. The lowest BCUT2D eigenvalue weighted by molar-refractivity contribution is -0.114. The van der Waals surface area contributed by atoms with E-state index in [9.17, 15) is 0 Å². The number of hydrogen-bond acceptors (Lipinski definition) is 2. The monoisotopic (exact) mass is 137 g/mol. The van der Waals surface area contributed by atoms with Gasteiger partial charge in [0.25, 0.3) is 5.84 Å². The third-order valence-electron chi connectivity index (χ3n) is 1.08. The molecule has 0 unspecified atom stereocenters. The molecule has 0 atom stereocenters. The summed E-state index contributed by atoms with van der Waals surface area (Å²) < 4.78 is 0. The fraction of sp³-hybridized carbons (Fsp3) is 0.167. The van der Waals surface area contributed by atoms with Gasteiger partial charge >= 0.3 is 0 Å². The van der Waals surface area contributed by atoms with Crippen molar-refractivity contribution in [3.8, 4) is 0 Å². The van der Waals surface area contributed by atoms with Crippen LogP contribution in [-0.4, -0.2) is 15.8 Å². The summed E-state index contributed by atoms with van der Waals surface area (Å²) in [5.74, 6) is 0.201. The Morgan fingerprint density at radius 3 is 2.60 bits per heavy atom. The summed E-state index contributed by atoms with van der Waals surface area (Å²) in [4.78, 5) is 7.89. The molecule has 0 fully saturated rings.